The Morgan fingerprint density at radius 3 is 2.63 bits per heavy atom. The summed E-state index contributed by atoms with van der Waals surface area (Å²) >= 11 is 0. The van der Waals surface area contributed by atoms with E-state index in [-0.39, 0.29) is 11.8 Å². The molecule has 1 aliphatic heterocycles. The number of benzene rings is 2. The Balaban J connectivity index is 1.29. The van der Waals surface area contributed by atoms with E-state index in [0.717, 1.165) is 31.5 Å². The molecule has 1 N–H and O–H groups in total. The van der Waals surface area contributed by atoms with Gasteiger partial charge in [0.15, 0.2) is 0 Å². The Bertz CT molecular complexity index is 992. The van der Waals surface area contributed by atoms with Gasteiger partial charge in [0, 0.05) is 11.5 Å². The van der Waals surface area contributed by atoms with E-state index in [1.165, 1.54) is 5.56 Å². The number of piperidine rings is 1. The lowest BCUT2D eigenvalue weighted by Crippen LogP contribution is -2.37. The number of aromatic nitrogens is 2. The van der Waals surface area contributed by atoms with Crippen molar-refractivity contribution in [2.75, 3.05) is 25.5 Å². The first-order chi connectivity index (χ1) is 14.6. The van der Waals surface area contributed by atoms with E-state index < -0.39 is 0 Å². The van der Waals surface area contributed by atoms with Gasteiger partial charge < -0.3 is 14.6 Å². The van der Waals surface area contributed by atoms with Crippen LogP contribution in [0, 0.1) is 12.8 Å². The number of aryl methyl sites for hydroxylation is 1. The summed E-state index contributed by atoms with van der Waals surface area (Å²) < 4.78 is 10.7. The molecule has 1 fully saturated rings. The number of anilines is 1. The first kappa shape index (κ1) is 20.1. The molecule has 0 radical (unpaired) electrons. The summed E-state index contributed by atoms with van der Waals surface area (Å²) in [7, 11) is 1.60. The highest BCUT2D eigenvalue weighted by atomic mass is 16.5. The van der Waals surface area contributed by atoms with Gasteiger partial charge in [0.05, 0.1) is 19.3 Å². The van der Waals surface area contributed by atoms with Crippen LogP contribution < -0.4 is 10.1 Å². The zero-order chi connectivity index (χ0) is 20.9. The fourth-order valence-electron chi connectivity index (χ4n) is 3.67. The molecule has 30 heavy (non-hydrogen) atoms. The second-order valence-electron chi connectivity index (χ2n) is 7.62. The largest absolute Gasteiger partial charge is 0.495 e. The molecule has 0 atom stereocenters. The monoisotopic (exact) mass is 406 g/mol. The number of carbonyl (C=O) groups excluding carboxylic acids is 1. The van der Waals surface area contributed by atoms with Crippen molar-refractivity contribution >= 4 is 11.6 Å². The molecule has 1 aromatic heterocycles. The topological polar surface area (TPSA) is 80.5 Å². The Hall–Kier alpha value is -3.19. The Kier molecular flexibility index (Phi) is 6.09. The van der Waals surface area contributed by atoms with Crippen molar-refractivity contribution in [1.29, 1.82) is 0 Å². The minimum Gasteiger partial charge on any atom is -0.495 e. The maximum atomic E-state index is 12.7. The van der Waals surface area contributed by atoms with Crippen molar-refractivity contribution in [2.24, 2.45) is 5.92 Å². The van der Waals surface area contributed by atoms with Gasteiger partial charge in [-0.25, -0.2) is 0 Å². The third-order valence-corrected chi connectivity index (χ3v) is 5.46. The minimum atomic E-state index is -0.0167. The average Bonchev–Trinajstić information content (AvgIpc) is 3.23. The number of likely N-dealkylation sites (tertiary alicyclic amines) is 1. The van der Waals surface area contributed by atoms with E-state index in [1.54, 1.807) is 7.11 Å². The lowest BCUT2D eigenvalue weighted by molar-refractivity contribution is -0.121. The van der Waals surface area contributed by atoms with Gasteiger partial charge in [-0.1, -0.05) is 47.1 Å². The van der Waals surface area contributed by atoms with Crippen LogP contribution in [0.25, 0.3) is 11.4 Å². The van der Waals surface area contributed by atoms with Crippen LogP contribution in [0.2, 0.25) is 0 Å². The van der Waals surface area contributed by atoms with Gasteiger partial charge in [0.1, 0.15) is 5.75 Å². The van der Waals surface area contributed by atoms with Gasteiger partial charge in [-0.05, 0) is 45.0 Å². The van der Waals surface area contributed by atoms with Crippen molar-refractivity contribution in [3.63, 3.8) is 0 Å². The van der Waals surface area contributed by atoms with Crippen LogP contribution in [-0.2, 0) is 11.3 Å². The van der Waals surface area contributed by atoms with Crippen molar-refractivity contribution in [3.05, 3.63) is 60.0 Å². The summed E-state index contributed by atoms with van der Waals surface area (Å²) in [5, 5.41) is 7.10. The molecule has 0 spiro atoms. The number of ether oxygens (including phenoxy) is 1. The molecule has 0 bridgehead atoms. The summed E-state index contributed by atoms with van der Waals surface area (Å²) in [4.78, 5) is 19.4. The summed E-state index contributed by atoms with van der Waals surface area (Å²) in [5.41, 5.74) is 2.85. The number of rotatable bonds is 6. The third kappa shape index (κ3) is 4.68. The lowest BCUT2D eigenvalue weighted by Gasteiger charge is -2.30. The molecule has 0 unspecified atom stereocenters. The minimum absolute atomic E-state index is 0.0167. The second kappa shape index (κ2) is 9.09. The molecule has 3 aromatic rings. The van der Waals surface area contributed by atoms with E-state index >= 15 is 0 Å². The van der Waals surface area contributed by atoms with Crippen LogP contribution in [-0.4, -0.2) is 41.1 Å². The molecule has 0 aliphatic carbocycles. The van der Waals surface area contributed by atoms with Gasteiger partial charge in [0.2, 0.25) is 17.6 Å². The zero-order valence-electron chi connectivity index (χ0n) is 17.3. The second-order valence-corrected chi connectivity index (χ2v) is 7.62. The maximum Gasteiger partial charge on any atom is 0.241 e. The fraction of sp³-hybridized carbons (Fsp3) is 0.348. The molecule has 156 valence electrons. The van der Waals surface area contributed by atoms with Gasteiger partial charge in [-0.3, -0.25) is 9.69 Å². The number of nitrogens with one attached hydrogen (secondary N) is 1. The molecular weight excluding hydrogens is 380 g/mol. The van der Waals surface area contributed by atoms with Gasteiger partial charge >= 0.3 is 0 Å². The van der Waals surface area contributed by atoms with Crippen LogP contribution >= 0.6 is 0 Å². The van der Waals surface area contributed by atoms with Crippen molar-refractivity contribution in [3.8, 4) is 17.1 Å². The van der Waals surface area contributed by atoms with Gasteiger partial charge in [-0.15, -0.1) is 0 Å². The highest BCUT2D eigenvalue weighted by Gasteiger charge is 2.26. The SMILES string of the molecule is COc1ccccc1NC(=O)C1CCN(Cc2nc(-c3ccc(C)cc3)no2)CC1. The van der Waals surface area contributed by atoms with Crippen LogP contribution in [0.4, 0.5) is 5.69 Å². The standard InChI is InChI=1S/C23H26N4O3/c1-16-7-9-17(10-8-16)22-25-21(30-26-22)15-27-13-11-18(12-14-27)23(28)24-19-5-3-4-6-20(19)29-2/h3-10,18H,11-15H2,1-2H3,(H,24,28). The number of carbonyl (C=O) groups is 1. The molecule has 1 saturated heterocycles. The predicted octanol–water partition coefficient (Wildman–Crippen LogP) is 3.90. The van der Waals surface area contributed by atoms with E-state index in [2.05, 4.69) is 20.4 Å². The Morgan fingerprint density at radius 2 is 1.90 bits per heavy atom. The number of methoxy groups -OCH3 is 1. The highest BCUT2D eigenvalue weighted by molar-refractivity contribution is 5.94. The molecular formula is C23H26N4O3. The molecule has 4 rings (SSSR count). The average molecular weight is 406 g/mol. The Morgan fingerprint density at radius 1 is 1.17 bits per heavy atom. The molecule has 7 heteroatoms. The molecule has 0 saturated carbocycles. The van der Waals surface area contributed by atoms with E-state index in [9.17, 15) is 4.79 Å². The fourth-order valence-corrected chi connectivity index (χ4v) is 3.67. The quantitative estimate of drug-likeness (QED) is 0.669. The normalized spacial score (nSPS) is 15.1. The first-order valence-electron chi connectivity index (χ1n) is 10.2. The molecule has 7 nitrogen and oxygen atoms in total. The molecule has 2 aromatic carbocycles. The smallest absolute Gasteiger partial charge is 0.241 e. The van der Waals surface area contributed by atoms with E-state index in [0.29, 0.717) is 29.7 Å². The molecule has 1 aliphatic rings. The molecule has 1 amide bonds. The number of hydrogen-bond donors (Lipinski definition) is 1. The number of amides is 1. The van der Waals surface area contributed by atoms with Crippen molar-refractivity contribution in [2.45, 2.75) is 26.3 Å². The Labute approximate surface area is 176 Å². The van der Waals surface area contributed by atoms with Crippen LogP contribution in [0.5, 0.6) is 5.75 Å². The van der Waals surface area contributed by atoms with Gasteiger partial charge in [0.25, 0.3) is 0 Å². The van der Waals surface area contributed by atoms with E-state index in [1.807, 2.05) is 55.5 Å². The zero-order valence-corrected chi connectivity index (χ0v) is 17.3. The van der Waals surface area contributed by atoms with Crippen LogP contribution in [0.15, 0.2) is 53.1 Å². The van der Waals surface area contributed by atoms with Crippen LogP contribution in [0.1, 0.15) is 24.3 Å². The third-order valence-electron chi connectivity index (χ3n) is 5.46. The lowest BCUT2D eigenvalue weighted by atomic mass is 9.96. The summed E-state index contributed by atoms with van der Waals surface area (Å²) in [6.07, 6.45) is 1.58. The maximum absolute atomic E-state index is 12.7. The number of nitrogens with zero attached hydrogens (tertiary/aromatic N) is 3. The number of para-hydroxylation sites is 2. The van der Waals surface area contributed by atoms with Gasteiger partial charge in [-0.2, -0.15) is 4.98 Å². The van der Waals surface area contributed by atoms with Crippen molar-refractivity contribution < 1.29 is 14.1 Å². The number of hydrogen-bond acceptors (Lipinski definition) is 6. The van der Waals surface area contributed by atoms with Crippen LogP contribution in [0.3, 0.4) is 0 Å². The van der Waals surface area contributed by atoms with E-state index in [4.69, 9.17) is 9.26 Å². The highest BCUT2D eigenvalue weighted by Crippen LogP contribution is 2.26. The molecule has 2 heterocycles. The first-order valence-corrected chi connectivity index (χ1v) is 10.2. The summed E-state index contributed by atoms with van der Waals surface area (Å²) in [6.45, 7) is 4.27. The predicted molar refractivity (Wildman–Crippen MR) is 114 cm³/mol. The van der Waals surface area contributed by atoms with Crippen molar-refractivity contribution in [1.82, 2.24) is 15.0 Å². The summed E-state index contributed by atoms with van der Waals surface area (Å²) in [6, 6.07) is 15.5. The summed E-state index contributed by atoms with van der Waals surface area (Å²) in [5.74, 6) is 1.90.